The largest absolute Gasteiger partial charge is 0.573 e. The Morgan fingerprint density at radius 1 is 1.23 bits per heavy atom. The average Bonchev–Trinajstić information content (AvgIpc) is 2.60. The minimum absolute atomic E-state index is 0.00180. The van der Waals surface area contributed by atoms with Gasteiger partial charge in [0.1, 0.15) is 5.75 Å². The summed E-state index contributed by atoms with van der Waals surface area (Å²) in [5, 5.41) is 12.7. The second-order valence-corrected chi connectivity index (χ2v) is 5.19. The van der Waals surface area contributed by atoms with Crippen LogP contribution in [-0.4, -0.2) is 31.1 Å². The molecule has 0 aromatic heterocycles. The van der Waals surface area contributed by atoms with Crippen molar-refractivity contribution in [1.29, 1.82) is 0 Å². The highest BCUT2D eigenvalue weighted by Crippen LogP contribution is 2.29. The molecule has 0 saturated carbocycles. The first kappa shape index (κ1) is 19.4. The summed E-state index contributed by atoms with van der Waals surface area (Å²) in [5.74, 6) is -0.0217. The molecule has 2 aromatic rings. The molecule has 0 spiro atoms. The number of alkyl halides is 3. The summed E-state index contributed by atoms with van der Waals surface area (Å²) in [5.41, 5.74) is 6.26. The zero-order valence-electron chi connectivity index (χ0n) is 13.8. The van der Waals surface area contributed by atoms with Crippen LogP contribution in [-0.2, 0) is 0 Å². The van der Waals surface area contributed by atoms with Gasteiger partial charge in [0.2, 0.25) is 0 Å². The van der Waals surface area contributed by atoms with Crippen LogP contribution in [0.5, 0.6) is 11.5 Å². The van der Waals surface area contributed by atoms with E-state index in [9.17, 15) is 18.3 Å². The first-order valence-corrected chi connectivity index (χ1v) is 7.52. The summed E-state index contributed by atoms with van der Waals surface area (Å²) < 4.78 is 46.2. The van der Waals surface area contributed by atoms with Crippen molar-refractivity contribution in [3.63, 3.8) is 0 Å². The quantitative estimate of drug-likeness (QED) is 0.538. The number of benzene rings is 2. The number of guanidine groups is 1. The van der Waals surface area contributed by atoms with E-state index in [0.717, 1.165) is 6.07 Å². The van der Waals surface area contributed by atoms with Crippen LogP contribution in [0.3, 0.4) is 0 Å². The second-order valence-electron chi connectivity index (χ2n) is 5.19. The molecule has 140 valence electrons. The molecule has 0 aliphatic carbocycles. The highest BCUT2D eigenvalue weighted by molar-refractivity contribution is 5.93. The number of nitrogens with zero attached hydrogens (tertiary/aromatic N) is 1. The molecular formula is C17H18F3N3O3. The second kappa shape index (κ2) is 8.43. The van der Waals surface area contributed by atoms with Crippen LogP contribution in [0, 0.1) is 0 Å². The van der Waals surface area contributed by atoms with Crippen molar-refractivity contribution in [2.24, 2.45) is 10.7 Å². The van der Waals surface area contributed by atoms with Gasteiger partial charge in [0.05, 0.1) is 25.4 Å². The molecule has 9 heteroatoms. The van der Waals surface area contributed by atoms with Crippen LogP contribution in [0.2, 0.25) is 0 Å². The van der Waals surface area contributed by atoms with E-state index in [-0.39, 0.29) is 18.2 Å². The Balaban J connectivity index is 2.04. The molecule has 0 aliphatic heterocycles. The van der Waals surface area contributed by atoms with Gasteiger partial charge in [0, 0.05) is 0 Å². The summed E-state index contributed by atoms with van der Waals surface area (Å²) in [7, 11) is 1.51. The monoisotopic (exact) mass is 369 g/mol. The first-order chi connectivity index (χ1) is 12.3. The third-order valence-corrected chi connectivity index (χ3v) is 3.29. The minimum atomic E-state index is -4.83. The molecule has 0 saturated heterocycles. The van der Waals surface area contributed by atoms with Crippen molar-refractivity contribution in [3.8, 4) is 11.5 Å². The molecular weight excluding hydrogens is 351 g/mol. The maximum atomic E-state index is 12.4. The van der Waals surface area contributed by atoms with E-state index < -0.39 is 18.2 Å². The summed E-state index contributed by atoms with van der Waals surface area (Å²) >= 11 is 0. The van der Waals surface area contributed by atoms with Crippen LogP contribution in [0.1, 0.15) is 11.7 Å². The smallest absolute Gasteiger partial charge is 0.497 e. The van der Waals surface area contributed by atoms with Gasteiger partial charge in [-0.25, -0.2) is 0 Å². The van der Waals surface area contributed by atoms with Gasteiger partial charge in [-0.05, 0) is 29.8 Å². The Morgan fingerprint density at radius 3 is 2.65 bits per heavy atom. The fraction of sp³-hybridized carbons (Fsp3) is 0.235. The highest BCUT2D eigenvalue weighted by Gasteiger charge is 2.32. The lowest BCUT2D eigenvalue weighted by atomic mass is 10.1. The van der Waals surface area contributed by atoms with Crippen molar-refractivity contribution in [3.05, 3.63) is 54.1 Å². The molecule has 0 heterocycles. The summed E-state index contributed by atoms with van der Waals surface area (Å²) in [6.07, 6.45) is -5.78. The Labute approximate surface area is 148 Å². The number of para-hydroxylation sites is 2. The first-order valence-electron chi connectivity index (χ1n) is 7.52. The third-order valence-electron chi connectivity index (χ3n) is 3.29. The van der Waals surface area contributed by atoms with Crippen molar-refractivity contribution >= 4 is 11.6 Å². The fourth-order valence-electron chi connectivity index (χ4n) is 2.10. The molecule has 6 nitrogen and oxygen atoms in total. The van der Waals surface area contributed by atoms with Gasteiger partial charge in [0.15, 0.2) is 11.7 Å². The lowest BCUT2D eigenvalue weighted by molar-refractivity contribution is -0.274. The van der Waals surface area contributed by atoms with Gasteiger partial charge in [-0.15, -0.1) is 13.2 Å². The molecule has 2 rings (SSSR count). The Morgan fingerprint density at radius 2 is 1.96 bits per heavy atom. The SMILES string of the molecule is COc1cccc(C(O)CN=C(N)Nc2ccccc2OC(F)(F)F)c1. The number of anilines is 1. The summed E-state index contributed by atoms with van der Waals surface area (Å²) in [6.45, 7) is -0.0890. The van der Waals surface area contributed by atoms with Gasteiger partial charge < -0.3 is 25.6 Å². The zero-order chi connectivity index (χ0) is 19.2. The van der Waals surface area contributed by atoms with Crippen LogP contribution >= 0.6 is 0 Å². The van der Waals surface area contributed by atoms with Crippen LogP contribution in [0.4, 0.5) is 18.9 Å². The van der Waals surface area contributed by atoms with Crippen LogP contribution in [0.25, 0.3) is 0 Å². The van der Waals surface area contributed by atoms with Gasteiger partial charge in [0.25, 0.3) is 0 Å². The molecule has 0 amide bonds. The lowest BCUT2D eigenvalue weighted by Gasteiger charge is -2.14. The number of aliphatic hydroxyl groups excluding tert-OH is 1. The third kappa shape index (κ3) is 5.85. The zero-order valence-corrected chi connectivity index (χ0v) is 13.8. The van der Waals surface area contributed by atoms with Crippen molar-refractivity contribution < 1.29 is 27.8 Å². The molecule has 0 radical (unpaired) electrons. The maximum Gasteiger partial charge on any atom is 0.573 e. The predicted molar refractivity (Wildman–Crippen MR) is 91.2 cm³/mol. The summed E-state index contributed by atoms with van der Waals surface area (Å²) in [6, 6.07) is 12.2. The number of aliphatic imine (C=N–C) groups is 1. The number of rotatable bonds is 6. The van der Waals surface area contributed by atoms with Crippen molar-refractivity contribution in [1.82, 2.24) is 0 Å². The Bertz CT molecular complexity index is 766. The van der Waals surface area contributed by atoms with E-state index in [1.807, 2.05) is 0 Å². The van der Waals surface area contributed by atoms with Gasteiger partial charge in [-0.3, -0.25) is 4.99 Å². The topological polar surface area (TPSA) is 89.1 Å². The number of halogens is 3. The predicted octanol–water partition coefficient (Wildman–Crippen LogP) is 3.05. The molecule has 1 atom stereocenters. The van der Waals surface area contributed by atoms with Crippen LogP contribution in [0.15, 0.2) is 53.5 Å². The molecule has 0 aliphatic rings. The number of aliphatic hydroxyl groups is 1. The number of nitrogens with one attached hydrogen (secondary N) is 1. The summed E-state index contributed by atoms with van der Waals surface area (Å²) in [4.78, 5) is 3.94. The molecule has 4 N–H and O–H groups in total. The molecule has 0 bridgehead atoms. The van der Waals surface area contributed by atoms with E-state index in [1.54, 1.807) is 24.3 Å². The lowest BCUT2D eigenvalue weighted by Crippen LogP contribution is -2.25. The number of nitrogens with two attached hydrogens (primary N) is 1. The molecule has 1 unspecified atom stereocenters. The van der Waals surface area contributed by atoms with Gasteiger partial charge >= 0.3 is 6.36 Å². The fourth-order valence-corrected chi connectivity index (χ4v) is 2.10. The Hall–Kier alpha value is -2.94. The van der Waals surface area contributed by atoms with Crippen molar-refractivity contribution in [2.75, 3.05) is 19.0 Å². The van der Waals surface area contributed by atoms with Crippen LogP contribution < -0.4 is 20.5 Å². The average molecular weight is 369 g/mol. The number of methoxy groups -OCH3 is 1. The number of hydrogen-bond donors (Lipinski definition) is 3. The Kier molecular flexibility index (Phi) is 6.29. The van der Waals surface area contributed by atoms with Crippen molar-refractivity contribution in [2.45, 2.75) is 12.5 Å². The standard InChI is InChI=1S/C17H18F3N3O3/c1-25-12-6-4-5-11(9-12)14(24)10-22-16(21)23-13-7-2-3-8-15(13)26-17(18,19)20/h2-9,14,24H,10H2,1H3,(H3,21,22,23). The molecule has 26 heavy (non-hydrogen) atoms. The molecule has 0 fully saturated rings. The molecule has 2 aromatic carbocycles. The van der Waals surface area contributed by atoms with Gasteiger partial charge in [-0.2, -0.15) is 0 Å². The highest BCUT2D eigenvalue weighted by atomic mass is 19.4. The van der Waals surface area contributed by atoms with E-state index in [1.165, 1.54) is 25.3 Å². The van der Waals surface area contributed by atoms with E-state index in [4.69, 9.17) is 10.5 Å². The maximum absolute atomic E-state index is 12.4. The normalized spacial score (nSPS) is 13.2. The minimum Gasteiger partial charge on any atom is -0.497 e. The number of ether oxygens (including phenoxy) is 2. The van der Waals surface area contributed by atoms with E-state index in [0.29, 0.717) is 11.3 Å². The number of hydrogen-bond acceptors (Lipinski definition) is 4. The van der Waals surface area contributed by atoms with E-state index in [2.05, 4.69) is 15.0 Å². The van der Waals surface area contributed by atoms with E-state index >= 15 is 0 Å². The van der Waals surface area contributed by atoms with Gasteiger partial charge in [-0.1, -0.05) is 24.3 Å².